The second-order valence-electron chi connectivity index (χ2n) is 10.0. The van der Waals surface area contributed by atoms with Gasteiger partial charge in [0.25, 0.3) is 11.8 Å². The van der Waals surface area contributed by atoms with E-state index in [9.17, 15) is 13.6 Å². The number of carbonyl (C=O) groups is 1. The summed E-state index contributed by atoms with van der Waals surface area (Å²) in [6.45, 7) is 4.22. The lowest BCUT2D eigenvalue weighted by Crippen LogP contribution is -2.38. The molecule has 3 aromatic heterocycles. The van der Waals surface area contributed by atoms with Gasteiger partial charge in [0.1, 0.15) is 5.82 Å². The van der Waals surface area contributed by atoms with E-state index < -0.39 is 5.92 Å². The first-order valence-corrected chi connectivity index (χ1v) is 13.1. The highest BCUT2D eigenvalue weighted by atomic mass is 19.3. The predicted octanol–water partition coefficient (Wildman–Crippen LogP) is 4.34. The fourth-order valence-electron chi connectivity index (χ4n) is 5.02. The summed E-state index contributed by atoms with van der Waals surface area (Å²) in [4.78, 5) is 26.2. The molecule has 0 spiro atoms. The van der Waals surface area contributed by atoms with E-state index in [4.69, 9.17) is 4.74 Å². The number of hydrogen-bond acceptors (Lipinski definition) is 7. The quantitative estimate of drug-likeness (QED) is 0.380. The molecule has 9 nitrogen and oxygen atoms in total. The molecule has 6 rings (SSSR count). The molecule has 2 aliphatic rings. The number of hydrogen-bond donors (Lipinski definition) is 2. The van der Waals surface area contributed by atoms with Crippen molar-refractivity contribution in [1.29, 1.82) is 0 Å². The first kappa shape index (κ1) is 25.3. The fraction of sp³-hybridized carbons (Fsp3) is 0.357. The van der Waals surface area contributed by atoms with Gasteiger partial charge in [-0.2, -0.15) is 5.10 Å². The second kappa shape index (κ2) is 10.7. The Bertz CT molecular complexity index is 1460. The fourth-order valence-corrected chi connectivity index (χ4v) is 5.02. The number of amides is 1. The number of morpholine rings is 1. The lowest BCUT2D eigenvalue weighted by molar-refractivity contribution is -0.0566. The Balaban J connectivity index is 1.17. The number of nitrogens with zero attached hydrogens (tertiary/aromatic N) is 5. The van der Waals surface area contributed by atoms with Crippen molar-refractivity contribution in [2.24, 2.45) is 0 Å². The summed E-state index contributed by atoms with van der Waals surface area (Å²) in [6, 6.07) is 11.5. The second-order valence-corrected chi connectivity index (χ2v) is 10.0. The summed E-state index contributed by atoms with van der Waals surface area (Å²) in [7, 11) is 0. The summed E-state index contributed by atoms with van der Waals surface area (Å²) in [5, 5.41) is 10.8. The number of aromatic amines is 1. The van der Waals surface area contributed by atoms with Gasteiger partial charge >= 0.3 is 0 Å². The van der Waals surface area contributed by atoms with E-state index in [1.807, 2.05) is 41.3 Å². The van der Waals surface area contributed by atoms with E-state index in [-0.39, 0.29) is 24.4 Å². The van der Waals surface area contributed by atoms with Crippen LogP contribution in [0.1, 0.15) is 28.9 Å². The highest BCUT2D eigenvalue weighted by Gasteiger charge is 2.33. The summed E-state index contributed by atoms with van der Waals surface area (Å²) in [6.07, 6.45) is 4.94. The number of carbonyl (C=O) groups excluding carboxylic acids is 1. The first-order chi connectivity index (χ1) is 18.9. The lowest BCUT2D eigenvalue weighted by atomic mass is 10.0. The predicted molar refractivity (Wildman–Crippen MR) is 144 cm³/mol. The van der Waals surface area contributed by atoms with Crippen molar-refractivity contribution in [3.8, 4) is 11.1 Å². The van der Waals surface area contributed by atoms with E-state index in [2.05, 4.69) is 30.4 Å². The van der Waals surface area contributed by atoms with Crippen molar-refractivity contribution in [2.45, 2.75) is 25.3 Å². The van der Waals surface area contributed by atoms with Crippen molar-refractivity contribution in [2.75, 3.05) is 49.6 Å². The molecule has 2 N–H and O–H groups in total. The number of halogens is 2. The third-order valence-corrected chi connectivity index (χ3v) is 7.24. The number of ether oxygens (including phenoxy) is 1. The van der Waals surface area contributed by atoms with Crippen LogP contribution in [0, 0.1) is 0 Å². The minimum absolute atomic E-state index is 0.115. The van der Waals surface area contributed by atoms with Crippen LogP contribution in [0.15, 0.2) is 55.0 Å². The normalized spacial score (nSPS) is 17.8. The molecule has 0 atom stereocenters. The molecule has 4 aromatic rings. The summed E-state index contributed by atoms with van der Waals surface area (Å²) < 4.78 is 32.4. The SMILES string of the molecule is O=C(Nc1ccc(N2CCOCC2)nc1)c1n[nH]c2ccc(-c3cncc(CN4CCC(F)(F)CC4)c3)cc12. The molecule has 1 amide bonds. The van der Waals surface area contributed by atoms with Crippen LogP contribution >= 0.6 is 0 Å². The van der Waals surface area contributed by atoms with Crippen molar-refractivity contribution >= 4 is 28.3 Å². The summed E-state index contributed by atoms with van der Waals surface area (Å²) >= 11 is 0. The number of likely N-dealkylation sites (tertiary alicyclic amines) is 1. The van der Waals surface area contributed by atoms with Crippen molar-refractivity contribution in [3.63, 3.8) is 0 Å². The number of aromatic nitrogens is 4. The van der Waals surface area contributed by atoms with Gasteiger partial charge in [0, 0.05) is 68.9 Å². The Morgan fingerprint density at radius 2 is 1.82 bits per heavy atom. The van der Waals surface area contributed by atoms with Crippen LogP contribution in [-0.2, 0) is 11.3 Å². The number of benzene rings is 1. The molecule has 5 heterocycles. The molecule has 0 bridgehead atoms. The maximum atomic E-state index is 13.5. The number of H-pyrrole nitrogens is 1. The molecule has 0 saturated carbocycles. The highest BCUT2D eigenvalue weighted by molar-refractivity contribution is 6.11. The van der Waals surface area contributed by atoms with Crippen LogP contribution in [0.4, 0.5) is 20.3 Å². The van der Waals surface area contributed by atoms with E-state index >= 15 is 0 Å². The van der Waals surface area contributed by atoms with Gasteiger partial charge in [-0.3, -0.25) is 19.8 Å². The van der Waals surface area contributed by atoms with Gasteiger partial charge in [0.05, 0.1) is 30.6 Å². The average Bonchev–Trinajstić information content (AvgIpc) is 3.39. The Labute approximate surface area is 224 Å². The zero-order valence-electron chi connectivity index (χ0n) is 21.4. The zero-order chi connectivity index (χ0) is 26.8. The Morgan fingerprint density at radius 1 is 1.00 bits per heavy atom. The smallest absolute Gasteiger partial charge is 0.276 e. The highest BCUT2D eigenvalue weighted by Crippen LogP contribution is 2.30. The third-order valence-electron chi connectivity index (χ3n) is 7.24. The van der Waals surface area contributed by atoms with Gasteiger partial charge in [-0.25, -0.2) is 13.8 Å². The Kier molecular flexibility index (Phi) is 6.92. The van der Waals surface area contributed by atoms with E-state index in [0.717, 1.165) is 41.1 Å². The van der Waals surface area contributed by atoms with Crippen LogP contribution < -0.4 is 10.2 Å². The van der Waals surface area contributed by atoms with E-state index in [1.165, 1.54) is 0 Å². The minimum Gasteiger partial charge on any atom is -0.378 e. The number of nitrogens with one attached hydrogen (secondary N) is 2. The molecular weight excluding hydrogens is 504 g/mol. The average molecular weight is 534 g/mol. The monoisotopic (exact) mass is 533 g/mol. The minimum atomic E-state index is -2.57. The molecule has 0 radical (unpaired) electrons. The van der Waals surface area contributed by atoms with Crippen LogP contribution in [0.25, 0.3) is 22.0 Å². The number of anilines is 2. The number of rotatable bonds is 6. The molecule has 39 heavy (non-hydrogen) atoms. The van der Waals surface area contributed by atoms with Gasteiger partial charge in [0.15, 0.2) is 5.69 Å². The van der Waals surface area contributed by atoms with Crippen LogP contribution in [0.2, 0.25) is 0 Å². The molecule has 0 unspecified atom stereocenters. The van der Waals surface area contributed by atoms with Gasteiger partial charge in [-0.1, -0.05) is 6.07 Å². The van der Waals surface area contributed by atoms with Gasteiger partial charge in [-0.05, 0) is 41.5 Å². The molecule has 2 aliphatic heterocycles. The molecular formula is C28H29F2N7O2. The molecule has 1 aromatic carbocycles. The van der Waals surface area contributed by atoms with Crippen molar-refractivity contribution < 1.29 is 18.3 Å². The lowest BCUT2D eigenvalue weighted by Gasteiger charge is -2.31. The number of piperidine rings is 1. The summed E-state index contributed by atoms with van der Waals surface area (Å²) in [5.41, 5.74) is 4.32. The summed E-state index contributed by atoms with van der Waals surface area (Å²) in [5.74, 6) is -2.06. The molecule has 202 valence electrons. The topological polar surface area (TPSA) is 99.3 Å². The van der Waals surface area contributed by atoms with Gasteiger partial charge in [0.2, 0.25) is 0 Å². The van der Waals surface area contributed by atoms with Crippen LogP contribution in [-0.4, -0.2) is 76.3 Å². The van der Waals surface area contributed by atoms with Crippen LogP contribution in [0.5, 0.6) is 0 Å². The number of alkyl halides is 2. The number of pyridine rings is 2. The van der Waals surface area contributed by atoms with Crippen molar-refractivity contribution in [1.82, 2.24) is 25.1 Å². The Hall–Kier alpha value is -3.96. The van der Waals surface area contributed by atoms with E-state index in [1.54, 1.807) is 18.6 Å². The van der Waals surface area contributed by atoms with E-state index in [0.29, 0.717) is 43.9 Å². The third kappa shape index (κ3) is 5.74. The van der Waals surface area contributed by atoms with Crippen molar-refractivity contribution in [3.05, 3.63) is 66.2 Å². The molecule has 2 fully saturated rings. The largest absolute Gasteiger partial charge is 0.378 e. The van der Waals surface area contributed by atoms with Crippen LogP contribution in [0.3, 0.4) is 0 Å². The Morgan fingerprint density at radius 3 is 2.59 bits per heavy atom. The number of fused-ring (bicyclic) bond motifs is 1. The van der Waals surface area contributed by atoms with Gasteiger partial charge in [-0.15, -0.1) is 0 Å². The zero-order valence-corrected chi connectivity index (χ0v) is 21.4. The standard InChI is InChI=1S/C28H29F2N7O2/c29-28(30)5-7-36(8-6-28)18-19-13-21(16-31-15-19)20-1-3-24-23(14-20)26(35-34-24)27(38)33-22-2-4-25(32-17-22)37-9-11-39-12-10-37/h1-4,13-17H,5-12,18H2,(H,33,38)(H,34,35). The first-order valence-electron chi connectivity index (χ1n) is 13.1. The van der Waals surface area contributed by atoms with Gasteiger partial charge < -0.3 is 15.0 Å². The molecule has 0 aliphatic carbocycles. The maximum absolute atomic E-state index is 13.5. The molecule has 2 saturated heterocycles. The molecule has 11 heteroatoms. The maximum Gasteiger partial charge on any atom is 0.276 e.